The van der Waals surface area contributed by atoms with Crippen molar-refractivity contribution in [1.29, 1.82) is 0 Å². The average Bonchev–Trinajstić information content (AvgIpc) is 3.45. The highest BCUT2D eigenvalue weighted by Crippen LogP contribution is 2.43. The van der Waals surface area contributed by atoms with Gasteiger partial charge in [0.2, 0.25) is 6.23 Å². The standard InChI is InChI=1S/C22H23F2N2O10P.C6H15N/c1-11-5-12(2)18-13(6-11)7-15(35-18)9-33-17(27)8-14-3-4-26(21(29)25-14)20-22(23,24)19(28)16(36-20)10-34-37(30,31)32;1-4-7(5-2)6-3/h3-7,16,19-20,28H,8-10H2,1-2H3,(H2,30,31,32);4-6H2,1-3H3/t16-,19-,20-;/m1./s1. The number of aromatic nitrogens is 2. The maximum Gasteiger partial charge on any atom is 0.350 e. The molecule has 1 aliphatic rings. The highest BCUT2D eigenvalue weighted by atomic mass is 31.2. The van der Waals surface area contributed by atoms with E-state index in [0.29, 0.717) is 15.9 Å². The van der Waals surface area contributed by atoms with Gasteiger partial charge in [0.1, 0.15) is 24.1 Å². The largest absolute Gasteiger partial charge is 0.756 e. The van der Waals surface area contributed by atoms with E-state index in [-0.39, 0.29) is 12.3 Å². The molecule has 44 heavy (non-hydrogen) atoms. The smallest absolute Gasteiger partial charge is 0.350 e. The van der Waals surface area contributed by atoms with Crippen LogP contribution in [0.1, 0.15) is 49.6 Å². The third kappa shape index (κ3) is 9.00. The zero-order valence-electron chi connectivity index (χ0n) is 25.1. The fraction of sp³-hybridized carbons (Fsp3) is 0.536. The third-order valence-electron chi connectivity index (χ3n) is 7.12. The number of aryl methyl sites for hydroxylation is 2. The second-order valence-electron chi connectivity index (χ2n) is 10.4. The van der Waals surface area contributed by atoms with Crippen LogP contribution in [0, 0.1) is 13.8 Å². The van der Waals surface area contributed by atoms with E-state index < -0.39 is 56.9 Å². The van der Waals surface area contributed by atoms with Crippen molar-refractivity contribution in [3.63, 3.8) is 0 Å². The highest BCUT2D eigenvalue weighted by molar-refractivity contribution is 7.44. The van der Waals surface area contributed by atoms with Crippen LogP contribution in [-0.4, -0.2) is 69.9 Å². The van der Waals surface area contributed by atoms with E-state index in [1.807, 2.05) is 26.0 Å². The Morgan fingerprint density at radius 2 is 1.86 bits per heavy atom. The molecule has 1 saturated heterocycles. The number of quaternary nitrogens is 1. The normalized spacial score (nSPS) is 20.8. The number of halogens is 2. The second-order valence-corrected chi connectivity index (χ2v) is 11.6. The summed E-state index contributed by atoms with van der Waals surface area (Å²) in [4.78, 5) is 49.2. The molecule has 1 aromatic carbocycles. The van der Waals surface area contributed by atoms with Gasteiger partial charge >= 0.3 is 17.6 Å². The Morgan fingerprint density at radius 1 is 1.20 bits per heavy atom. The van der Waals surface area contributed by atoms with Crippen LogP contribution in [0.2, 0.25) is 0 Å². The molecule has 13 nitrogen and oxygen atoms in total. The summed E-state index contributed by atoms with van der Waals surface area (Å²) in [6.07, 6.45) is -6.31. The average molecular weight is 646 g/mol. The molecule has 3 heterocycles. The summed E-state index contributed by atoms with van der Waals surface area (Å²) < 4.78 is 60.0. The van der Waals surface area contributed by atoms with E-state index in [2.05, 4.69) is 30.3 Å². The molecular formula is C28H38F2N3O10P. The van der Waals surface area contributed by atoms with Gasteiger partial charge in [0.25, 0.3) is 7.82 Å². The number of aliphatic hydroxyl groups excluding tert-OH is 1. The van der Waals surface area contributed by atoms with Crippen LogP contribution in [-0.2, 0) is 36.4 Å². The minimum absolute atomic E-state index is 0.0726. The molecule has 0 amide bonds. The van der Waals surface area contributed by atoms with Gasteiger partial charge < -0.3 is 38.2 Å². The lowest BCUT2D eigenvalue weighted by molar-refractivity contribution is -0.894. The zero-order valence-corrected chi connectivity index (χ0v) is 26.0. The molecule has 1 aliphatic heterocycles. The van der Waals surface area contributed by atoms with Gasteiger partial charge in [-0.3, -0.25) is 13.9 Å². The van der Waals surface area contributed by atoms with E-state index in [4.69, 9.17) is 18.8 Å². The first kappa shape index (κ1) is 35.4. The predicted octanol–water partition coefficient (Wildman–Crippen LogP) is 1.19. The van der Waals surface area contributed by atoms with Crippen LogP contribution in [0.4, 0.5) is 8.78 Å². The number of hydrogen-bond donors (Lipinski definition) is 3. The van der Waals surface area contributed by atoms with E-state index in [1.165, 1.54) is 19.6 Å². The van der Waals surface area contributed by atoms with Gasteiger partial charge in [-0.15, -0.1) is 0 Å². The van der Waals surface area contributed by atoms with Crippen LogP contribution >= 0.6 is 7.82 Å². The molecule has 0 spiro atoms. The summed E-state index contributed by atoms with van der Waals surface area (Å²) in [6, 6.07) is 6.74. The number of hydrogen-bond acceptors (Lipinski definition) is 10. The Labute approximate surface area is 252 Å². The van der Waals surface area contributed by atoms with Gasteiger partial charge in [-0.25, -0.2) is 4.79 Å². The van der Waals surface area contributed by atoms with Crippen LogP contribution in [0.15, 0.2) is 39.7 Å². The number of nitrogens with zero attached hydrogens (tertiary/aromatic N) is 2. The molecule has 0 saturated carbocycles. The lowest BCUT2D eigenvalue weighted by atomic mass is 10.1. The molecule has 2 aromatic heterocycles. The number of nitrogens with one attached hydrogen (secondary N) is 1. The Hall–Kier alpha value is -3.04. The first-order valence-electron chi connectivity index (χ1n) is 14.1. The van der Waals surface area contributed by atoms with Crippen LogP contribution in [0.5, 0.6) is 0 Å². The quantitative estimate of drug-likeness (QED) is 0.202. The molecule has 244 valence electrons. The van der Waals surface area contributed by atoms with E-state index in [9.17, 15) is 32.9 Å². The van der Waals surface area contributed by atoms with E-state index in [0.717, 1.165) is 28.8 Å². The molecule has 3 aromatic rings. The highest BCUT2D eigenvalue weighted by Gasteiger charge is 2.59. The van der Waals surface area contributed by atoms with Crippen molar-refractivity contribution in [2.75, 3.05) is 26.2 Å². The van der Waals surface area contributed by atoms with Crippen LogP contribution < -0.4 is 15.5 Å². The van der Waals surface area contributed by atoms with Gasteiger partial charge in [-0.05, 0) is 58.4 Å². The molecule has 1 unspecified atom stereocenters. The number of carbonyl (C=O) groups is 1. The van der Waals surface area contributed by atoms with Gasteiger partial charge in [-0.2, -0.15) is 13.8 Å². The maximum atomic E-state index is 14.5. The van der Waals surface area contributed by atoms with Crippen molar-refractivity contribution in [2.45, 2.75) is 72.0 Å². The number of benzene rings is 1. The number of phosphoric acid groups is 1. The number of rotatable bonds is 11. The number of carbonyl (C=O) groups excluding carboxylic acids is 1. The minimum atomic E-state index is -5.26. The molecular weight excluding hydrogens is 607 g/mol. The predicted molar refractivity (Wildman–Crippen MR) is 151 cm³/mol. The molecule has 0 bridgehead atoms. The number of alkyl halides is 2. The first-order chi connectivity index (χ1) is 20.6. The molecule has 4 rings (SSSR count). The second kappa shape index (κ2) is 14.8. The lowest BCUT2D eigenvalue weighted by Crippen LogP contribution is -3.11. The SMILES string of the molecule is CC[NH+](CC)CC.Cc1cc(C)c2oc(COC(=O)Cc3ccn([C@@H]4O[C@H](COP(=O)([O-])O)[C@@H](O)C4(F)F)c(=O)n3)cc2c1. The van der Waals surface area contributed by atoms with Crippen molar-refractivity contribution in [3.8, 4) is 0 Å². The van der Waals surface area contributed by atoms with E-state index in [1.54, 1.807) is 11.0 Å². The topological polar surface area (TPSA) is 178 Å². The monoisotopic (exact) mass is 645 g/mol. The van der Waals surface area contributed by atoms with Crippen molar-refractivity contribution in [2.24, 2.45) is 0 Å². The molecule has 3 N–H and O–H groups in total. The summed E-state index contributed by atoms with van der Waals surface area (Å²) in [5.74, 6) is -4.38. The molecule has 0 radical (unpaired) electrons. The van der Waals surface area contributed by atoms with Crippen molar-refractivity contribution in [3.05, 3.63) is 63.5 Å². The number of fused-ring (bicyclic) bond motifs is 1. The number of ether oxygens (including phenoxy) is 2. The van der Waals surface area contributed by atoms with Gasteiger partial charge in [0, 0.05) is 11.6 Å². The summed E-state index contributed by atoms with van der Waals surface area (Å²) in [7, 11) is -5.26. The summed E-state index contributed by atoms with van der Waals surface area (Å²) in [6.45, 7) is 13.0. The van der Waals surface area contributed by atoms with E-state index >= 15 is 0 Å². The number of phosphoric ester groups is 1. The van der Waals surface area contributed by atoms with Gasteiger partial charge in [0.05, 0.1) is 38.4 Å². The summed E-state index contributed by atoms with van der Waals surface area (Å²) in [5.41, 5.74) is 1.36. The van der Waals surface area contributed by atoms with Gasteiger partial charge in [-0.1, -0.05) is 11.6 Å². The van der Waals surface area contributed by atoms with Crippen LogP contribution in [0.3, 0.4) is 0 Å². The molecule has 4 atom stereocenters. The first-order valence-corrected chi connectivity index (χ1v) is 15.6. The Balaban J connectivity index is 0.000000676. The Kier molecular flexibility index (Phi) is 11.9. The fourth-order valence-corrected chi connectivity index (χ4v) is 5.07. The molecule has 16 heteroatoms. The van der Waals surface area contributed by atoms with Crippen LogP contribution in [0.25, 0.3) is 11.0 Å². The maximum absolute atomic E-state index is 14.5. The fourth-order valence-electron chi connectivity index (χ4n) is 4.74. The minimum Gasteiger partial charge on any atom is -0.756 e. The number of esters is 1. The Morgan fingerprint density at radius 3 is 2.43 bits per heavy atom. The number of aliphatic hydroxyl groups is 1. The number of furan rings is 1. The Bertz CT molecular complexity index is 1530. The third-order valence-corrected chi connectivity index (χ3v) is 7.60. The lowest BCUT2D eigenvalue weighted by Gasteiger charge is -2.21. The summed E-state index contributed by atoms with van der Waals surface area (Å²) in [5, 5.41) is 10.7. The van der Waals surface area contributed by atoms with Crippen molar-refractivity contribution in [1.82, 2.24) is 9.55 Å². The molecule has 0 aliphatic carbocycles. The van der Waals surface area contributed by atoms with Gasteiger partial charge in [0.15, 0.2) is 6.10 Å². The summed E-state index contributed by atoms with van der Waals surface area (Å²) >= 11 is 0. The van der Waals surface area contributed by atoms with Crippen molar-refractivity contribution >= 4 is 24.8 Å². The zero-order chi connectivity index (χ0) is 32.8. The van der Waals surface area contributed by atoms with Crippen molar-refractivity contribution < 1.29 is 56.3 Å². The molecule has 1 fully saturated rings.